The Morgan fingerprint density at radius 3 is 2.68 bits per heavy atom. The summed E-state index contributed by atoms with van der Waals surface area (Å²) in [4.78, 5) is 1.07. The highest BCUT2D eigenvalue weighted by atomic mass is 35.5. The van der Waals surface area contributed by atoms with E-state index in [4.69, 9.17) is 17.3 Å². The second kappa shape index (κ2) is 7.53. The van der Waals surface area contributed by atoms with E-state index in [1.807, 2.05) is 25.1 Å². The predicted molar refractivity (Wildman–Crippen MR) is 83.9 cm³/mol. The van der Waals surface area contributed by atoms with Crippen LogP contribution in [0.15, 0.2) is 23.1 Å². The topological polar surface area (TPSA) is 60.2 Å². The molecule has 0 saturated carbocycles. The molecule has 0 saturated heterocycles. The van der Waals surface area contributed by atoms with Crippen molar-refractivity contribution in [3.8, 4) is 0 Å². The molecular formula is C13H20ClNO2S2. The number of hydrogen-bond donors (Lipinski definition) is 1. The van der Waals surface area contributed by atoms with Crippen LogP contribution in [0.4, 0.5) is 0 Å². The molecule has 0 spiro atoms. The minimum absolute atomic E-state index is 0.104. The minimum Gasteiger partial charge on any atom is -0.327 e. The van der Waals surface area contributed by atoms with Crippen molar-refractivity contribution >= 4 is 33.2 Å². The van der Waals surface area contributed by atoms with E-state index in [1.165, 1.54) is 6.26 Å². The maximum absolute atomic E-state index is 11.1. The first kappa shape index (κ1) is 16.8. The fourth-order valence-corrected chi connectivity index (χ4v) is 4.03. The quantitative estimate of drug-likeness (QED) is 0.784. The van der Waals surface area contributed by atoms with E-state index in [9.17, 15) is 8.42 Å². The Morgan fingerprint density at radius 2 is 2.11 bits per heavy atom. The molecule has 0 fully saturated rings. The summed E-state index contributed by atoms with van der Waals surface area (Å²) in [6.07, 6.45) is 2.92. The zero-order chi connectivity index (χ0) is 14.5. The molecule has 1 aromatic rings. The number of benzene rings is 1. The molecule has 1 rings (SSSR count). The van der Waals surface area contributed by atoms with Gasteiger partial charge in [-0.15, -0.1) is 11.8 Å². The van der Waals surface area contributed by atoms with Gasteiger partial charge in [-0.25, -0.2) is 8.42 Å². The summed E-state index contributed by atoms with van der Waals surface area (Å²) < 4.78 is 22.3. The van der Waals surface area contributed by atoms with Gasteiger partial charge in [-0.05, 0) is 36.6 Å². The Morgan fingerprint density at radius 1 is 1.42 bits per heavy atom. The van der Waals surface area contributed by atoms with E-state index < -0.39 is 9.84 Å². The second-order valence-electron chi connectivity index (χ2n) is 4.60. The van der Waals surface area contributed by atoms with Crippen molar-refractivity contribution in [2.24, 2.45) is 5.73 Å². The van der Waals surface area contributed by atoms with Crippen molar-refractivity contribution in [1.29, 1.82) is 0 Å². The SMILES string of the molecule is CCC(N)Cc1cc(Cl)ccc1SCCS(C)(=O)=O. The fourth-order valence-electron chi connectivity index (χ4n) is 1.58. The molecule has 0 aliphatic rings. The Kier molecular flexibility index (Phi) is 6.66. The molecule has 1 atom stereocenters. The third kappa shape index (κ3) is 6.65. The monoisotopic (exact) mass is 321 g/mol. The van der Waals surface area contributed by atoms with Gasteiger partial charge in [-0.3, -0.25) is 0 Å². The Labute approximate surface area is 124 Å². The normalized spacial score (nSPS) is 13.5. The standard InChI is InChI=1S/C13H20ClNO2S2/c1-3-12(15)9-10-8-11(14)4-5-13(10)18-6-7-19(2,16)17/h4-5,8,12H,3,6-7,9,15H2,1-2H3. The van der Waals surface area contributed by atoms with E-state index in [-0.39, 0.29) is 11.8 Å². The summed E-state index contributed by atoms with van der Waals surface area (Å²) in [6, 6.07) is 5.78. The summed E-state index contributed by atoms with van der Waals surface area (Å²) in [6.45, 7) is 2.05. The van der Waals surface area contributed by atoms with Crippen molar-refractivity contribution in [2.75, 3.05) is 17.8 Å². The number of rotatable bonds is 7. The first-order valence-corrected chi connectivity index (χ1v) is 9.58. The predicted octanol–water partition coefficient (Wildman–Crippen LogP) is 2.76. The van der Waals surface area contributed by atoms with Crippen LogP contribution in [0.25, 0.3) is 0 Å². The molecule has 0 amide bonds. The molecule has 0 aliphatic carbocycles. The highest BCUT2D eigenvalue weighted by Crippen LogP contribution is 2.27. The molecule has 108 valence electrons. The van der Waals surface area contributed by atoms with Gasteiger partial charge in [0.1, 0.15) is 9.84 Å². The van der Waals surface area contributed by atoms with Crippen molar-refractivity contribution in [3.05, 3.63) is 28.8 Å². The molecule has 1 aromatic carbocycles. The van der Waals surface area contributed by atoms with Crippen LogP contribution in [0.1, 0.15) is 18.9 Å². The lowest BCUT2D eigenvalue weighted by Gasteiger charge is -2.13. The van der Waals surface area contributed by atoms with Gasteiger partial charge in [-0.2, -0.15) is 0 Å². The molecule has 6 heteroatoms. The van der Waals surface area contributed by atoms with Crippen LogP contribution in [0.2, 0.25) is 5.02 Å². The average molecular weight is 322 g/mol. The Hall–Kier alpha value is -0.230. The highest BCUT2D eigenvalue weighted by Gasteiger charge is 2.10. The van der Waals surface area contributed by atoms with E-state index in [0.717, 1.165) is 23.3 Å². The van der Waals surface area contributed by atoms with Gasteiger partial charge in [0, 0.05) is 28.0 Å². The Balaban J connectivity index is 2.76. The van der Waals surface area contributed by atoms with Gasteiger partial charge in [-0.1, -0.05) is 18.5 Å². The van der Waals surface area contributed by atoms with Crippen molar-refractivity contribution in [3.63, 3.8) is 0 Å². The fraction of sp³-hybridized carbons (Fsp3) is 0.538. The van der Waals surface area contributed by atoms with Crippen LogP contribution in [0, 0.1) is 0 Å². The van der Waals surface area contributed by atoms with Gasteiger partial charge in [0.15, 0.2) is 0 Å². The molecule has 19 heavy (non-hydrogen) atoms. The van der Waals surface area contributed by atoms with Crippen LogP contribution in [-0.4, -0.2) is 32.2 Å². The summed E-state index contributed by atoms with van der Waals surface area (Å²) in [5, 5.41) is 0.686. The van der Waals surface area contributed by atoms with E-state index in [2.05, 4.69) is 0 Å². The maximum Gasteiger partial charge on any atom is 0.148 e. The van der Waals surface area contributed by atoms with Crippen LogP contribution in [0.5, 0.6) is 0 Å². The lowest BCUT2D eigenvalue weighted by molar-refractivity contribution is 0.603. The van der Waals surface area contributed by atoms with Crippen LogP contribution in [0.3, 0.4) is 0 Å². The molecule has 3 nitrogen and oxygen atoms in total. The smallest absolute Gasteiger partial charge is 0.148 e. The van der Waals surface area contributed by atoms with Crippen molar-refractivity contribution < 1.29 is 8.42 Å². The van der Waals surface area contributed by atoms with E-state index in [0.29, 0.717) is 10.8 Å². The van der Waals surface area contributed by atoms with E-state index >= 15 is 0 Å². The van der Waals surface area contributed by atoms with Gasteiger partial charge < -0.3 is 5.73 Å². The molecule has 0 heterocycles. The molecular weight excluding hydrogens is 302 g/mol. The van der Waals surface area contributed by atoms with Crippen molar-refractivity contribution in [2.45, 2.75) is 30.7 Å². The third-order valence-corrected chi connectivity index (χ3v) is 5.30. The summed E-state index contributed by atoms with van der Waals surface area (Å²) in [7, 11) is -2.91. The number of thioether (sulfide) groups is 1. The first-order chi connectivity index (χ1) is 8.81. The molecule has 2 N–H and O–H groups in total. The zero-order valence-electron chi connectivity index (χ0n) is 11.2. The number of sulfone groups is 1. The lowest BCUT2D eigenvalue weighted by Crippen LogP contribution is -2.21. The number of halogens is 1. The largest absolute Gasteiger partial charge is 0.327 e. The first-order valence-electron chi connectivity index (χ1n) is 6.16. The van der Waals surface area contributed by atoms with Crippen LogP contribution in [-0.2, 0) is 16.3 Å². The highest BCUT2D eigenvalue weighted by molar-refractivity contribution is 8.00. The molecule has 0 bridgehead atoms. The number of nitrogens with two attached hydrogens (primary N) is 1. The van der Waals surface area contributed by atoms with Gasteiger partial charge in [0.25, 0.3) is 0 Å². The average Bonchev–Trinajstić information content (AvgIpc) is 2.30. The second-order valence-corrected chi connectivity index (χ2v) is 8.44. The van der Waals surface area contributed by atoms with Crippen LogP contribution >= 0.6 is 23.4 Å². The zero-order valence-corrected chi connectivity index (χ0v) is 13.6. The summed E-state index contributed by atoms with van der Waals surface area (Å²) in [5.74, 6) is 0.731. The van der Waals surface area contributed by atoms with Crippen LogP contribution < -0.4 is 5.73 Å². The maximum atomic E-state index is 11.1. The van der Waals surface area contributed by atoms with Gasteiger partial charge >= 0.3 is 0 Å². The summed E-state index contributed by atoms with van der Waals surface area (Å²) >= 11 is 7.55. The molecule has 0 radical (unpaired) electrons. The van der Waals surface area contributed by atoms with E-state index in [1.54, 1.807) is 11.8 Å². The van der Waals surface area contributed by atoms with Gasteiger partial charge in [0.05, 0.1) is 5.75 Å². The molecule has 0 aliphatic heterocycles. The minimum atomic E-state index is -2.91. The van der Waals surface area contributed by atoms with Crippen molar-refractivity contribution in [1.82, 2.24) is 0 Å². The van der Waals surface area contributed by atoms with Gasteiger partial charge in [0.2, 0.25) is 0 Å². The molecule has 0 aromatic heterocycles. The molecule has 1 unspecified atom stereocenters. The Bertz CT molecular complexity index is 517. The third-order valence-electron chi connectivity index (χ3n) is 2.74. The number of hydrogen-bond acceptors (Lipinski definition) is 4. The lowest BCUT2D eigenvalue weighted by atomic mass is 10.0. The summed E-state index contributed by atoms with van der Waals surface area (Å²) in [5.41, 5.74) is 7.07.